The summed E-state index contributed by atoms with van der Waals surface area (Å²) in [7, 11) is -2.37. The van der Waals surface area contributed by atoms with E-state index in [2.05, 4.69) is 19.1 Å². The van der Waals surface area contributed by atoms with Gasteiger partial charge in [-0.1, -0.05) is 61.5 Å². The molecule has 148 valence electrons. The topological polar surface area (TPSA) is 52.6 Å². The fraction of sp³-hybridized carbons (Fsp3) is 0.0909. The van der Waals surface area contributed by atoms with Crippen LogP contribution in [0.5, 0.6) is 11.5 Å². The van der Waals surface area contributed by atoms with E-state index in [1.807, 2.05) is 42.5 Å². The van der Waals surface area contributed by atoms with Crippen LogP contribution in [0.1, 0.15) is 6.92 Å². The van der Waals surface area contributed by atoms with E-state index in [9.17, 15) is 9.59 Å². The summed E-state index contributed by atoms with van der Waals surface area (Å²) in [6.07, 6.45) is 0. The number of ether oxygens (including phenoxy) is 2. The van der Waals surface area contributed by atoms with Crippen LogP contribution < -0.4 is 25.0 Å². The molecule has 0 saturated carbocycles. The van der Waals surface area contributed by atoms with Crippen LogP contribution in [0.2, 0.25) is 6.04 Å². The maximum atomic E-state index is 11.0. The average Bonchev–Trinajstić information content (AvgIpc) is 2.71. The second-order valence-electron chi connectivity index (χ2n) is 6.35. The molecule has 0 aliphatic rings. The quantitative estimate of drug-likeness (QED) is 0.315. The number of benzene rings is 3. The van der Waals surface area contributed by atoms with Crippen molar-refractivity contribution in [1.82, 2.24) is 0 Å². The Bertz CT molecular complexity index is 930. The fourth-order valence-electron chi connectivity index (χ4n) is 3.64. The maximum Gasteiger partial charge on any atom is 0.409 e. The Morgan fingerprint density at radius 1 is 0.690 bits per heavy atom. The second kappa shape index (κ2) is 9.26. The molecule has 3 aromatic carbocycles. The predicted molar refractivity (Wildman–Crippen MR) is 118 cm³/mol. The molecule has 0 amide bonds. The van der Waals surface area contributed by atoms with Gasteiger partial charge in [0.1, 0.15) is 19.6 Å². The number of rotatable bonds is 6. The first-order chi connectivity index (χ1) is 14.0. The van der Waals surface area contributed by atoms with Crippen molar-refractivity contribution in [2.75, 3.05) is 0 Å². The summed E-state index contributed by atoms with van der Waals surface area (Å²) in [5.74, 6) is 0.787. The second-order valence-corrected chi connectivity index (χ2v) is 11.2. The van der Waals surface area contributed by atoms with Crippen molar-refractivity contribution in [1.29, 1.82) is 0 Å². The lowest BCUT2D eigenvalue weighted by molar-refractivity contribution is 0.224. The lowest BCUT2D eigenvalue weighted by Crippen LogP contribution is -2.66. The summed E-state index contributed by atoms with van der Waals surface area (Å²) in [4.78, 5) is 22.0. The van der Waals surface area contributed by atoms with E-state index < -0.39 is 18.9 Å². The normalized spacial score (nSPS) is 11.0. The third kappa shape index (κ3) is 4.70. The van der Waals surface area contributed by atoms with Crippen LogP contribution >= 0.6 is 23.2 Å². The molecule has 29 heavy (non-hydrogen) atoms. The highest BCUT2D eigenvalue weighted by Crippen LogP contribution is 2.18. The number of halogens is 2. The molecular formula is C22H18Cl2O4Si. The van der Waals surface area contributed by atoms with E-state index in [4.69, 9.17) is 32.7 Å². The third-order valence-electron chi connectivity index (χ3n) is 4.89. The molecule has 0 unspecified atom stereocenters. The molecule has 0 fully saturated rings. The molecular weight excluding hydrogens is 427 g/mol. The van der Waals surface area contributed by atoms with Crippen LogP contribution in [0.4, 0.5) is 9.59 Å². The lowest BCUT2D eigenvalue weighted by Gasteiger charge is -2.32. The molecule has 0 aromatic heterocycles. The minimum Gasteiger partial charge on any atom is -0.415 e. The number of hydrogen-bond donors (Lipinski definition) is 0. The molecule has 0 saturated heterocycles. The fourth-order valence-corrected chi connectivity index (χ4v) is 8.27. The van der Waals surface area contributed by atoms with Crippen molar-refractivity contribution in [3.63, 3.8) is 0 Å². The maximum absolute atomic E-state index is 11.0. The molecule has 0 spiro atoms. The van der Waals surface area contributed by atoms with E-state index in [0.717, 1.165) is 16.4 Å². The van der Waals surface area contributed by atoms with Gasteiger partial charge in [0.2, 0.25) is 0 Å². The standard InChI is InChI=1S/C22H18Cl2O4Si/c1-2-29(18-6-4-3-5-7-18,19-12-8-16(9-13-19)27-21(23)25)20-14-10-17(11-15-20)28-22(24)26/h3-15H,2H2,1H3. The summed E-state index contributed by atoms with van der Waals surface area (Å²) in [6.45, 7) is 2.17. The van der Waals surface area contributed by atoms with Gasteiger partial charge in [0.05, 0.1) is 0 Å². The van der Waals surface area contributed by atoms with Gasteiger partial charge in [0, 0.05) is 23.2 Å². The molecule has 0 bridgehead atoms. The van der Waals surface area contributed by atoms with Crippen LogP contribution in [-0.4, -0.2) is 18.9 Å². The summed E-state index contributed by atoms with van der Waals surface area (Å²) in [5, 5.41) is 3.55. The Morgan fingerprint density at radius 2 is 1.07 bits per heavy atom. The van der Waals surface area contributed by atoms with Crippen molar-refractivity contribution < 1.29 is 19.1 Å². The molecule has 0 aliphatic carbocycles. The zero-order chi connectivity index (χ0) is 20.9. The van der Waals surface area contributed by atoms with Crippen LogP contribution in [0.15, 0.2) is 78.9 Å². The SMILES string of the molecule is CC[Si](c1ccccc1)(c1ccc(OC(=O)Cl)cc1)c1ccc(OC(=O)Cl)cc1. The highest BCUT2D eigenvalue weighted by atomic mass is 35.5. The monoisotopic (exact) mass is 444 g/mol. The van der Waals surface area contributed by atoms with Crippen LogP contribution in [-0.2, 0) is 0 Å². The van der Waals surface area contributed by atoms with Crippen molar-refractivity contribution in [2.45, 2.75) is 13.0 Å². The van der Waals surface area contributed by atoms with Gasteiger partial charge in [-0.05, 0) is 45.9 Å². The van der Waals surface area contributed by atoms with Gasteiger partial charge in [0.15, 0.2) is 0 Å². The Balaban J connectivity index is 2.12. The molecule has 4 nitrogen and oxygen atoms in total. The summed E-state index contributed by atoms with van der Waals surface area (Å²) in [6, 6.07) is 26.1. The number of carbonyl (C=O) groups is 2. The molecule has 0 heterocycles. The first kappa shape index (κ1) is 21.1. The van der Waals surface area contributed by atoms with E-state index >= 15 is 0 Å². The molecule has 7 heteroatoms. The molecule has 0 N–H and O–H groups in total. The van der Waals surface area contributed by atoms with E-state index in [0.29, 0.717) is 11.5 Å². The lowest BCUT2D eigenvalue weighted by atomic mass is 10.3. The Kier molecular flexibility index (Phi) is 6.74. The smallest absolute Gasteiger partial charge is 0.409 e. The summed E-state index contributed by atoms with van der Waals surface area (Å²) >= 11 is 10.6. The largest absolute Gasteiger partial charge is 0.415 e. The average molecular weight is 445 g/mol. The first-order valence-electron chi connectivity index (χ1n) is 8.97. The van der Waals surface area contributed by atoms with Crippen LogP contribution in [0, 0.1) is 0 Å². The zero-order valence-electron chi connectivity index (χ0n) is 15.6. The minimum atomic E-state index is -2.37. The van der Waals surface area contributed by atoms with Crippen LogP contribution in [0.25, 0.3) is 0 Å². The summed E-state index contributed by atoms with van der Waals surface area (Å²) in [5.41, 5.74) is -1.74. The van der Waals surface area contributed by atoms with Gasteiger partial charge in [-0.3, -0.25) is 0 Å². The highest BCUT2D eigenvalue weighted by Gasteiger charge is 2.37. The highest BCUT2D eigenvalue weighted by molar-refractivity contribution is 7.11. The van der Waals surface area contributed by atoms with Gasteiger partial charge >= 0.3 is 10.9 Å². The Hall–Kier alpha value is -2.60. The van der Waals surface area contributed by atoms with Gasteiger partial charge in [0.25, 0.3) is 0 Å². The third-order valence-corrected chi connectivity index (χ3v) is 10.1. The molecule has 0 aliphatic heterocycles. The van der Waals surface area contributed by atoms with Gasteiger partial charge in [-0.15, -0.1) is 0 Å². The Labute approximate surface area is 180 Å². The van der Waals surface area contributed by atoms with E-state index in [1.165, 1.54) is 5.19 Å². The predicted octanol–water partition coefficient (Wildman–Crippen LogP) is 4.65. The molecule has 0 radical (unpaired) electrons. The van der Waals surface area contributed by atoms with Crippen molar-refractivity contribution in [2.24, 2.45) is 0 Å². The number of carbonyl (C=O) groups excluding carboxylic acids is 2. The van der Waals surface area contributed by atoms with Gasteiger partial charge < -0.3 is 9.47 Å². The van der Waals surface area contributed by atoms with Gasteiger partial charge in [-0.25, -0.2) is 9.59 Å². The van der Waals surface area contributed by atoms with E-state index in [1.54, 1.807) is 24.3 Å². The van der Waals surface area contributed by atoms with E-state index in [-0.39, 0.29) is 0 Å². The zero-order valence-corrected chi connectivity index (χ0v) is 18.1. The molecule has 3 aromatic rings. The van der Waals surface area contributed by atoms with Crippen LogP contribution in [0.3, 0.4) is 0 Å². The summed E-state index contributed by atoms with van der Waals surface area (Å²) < 4.78 is 9.92. The molecule has 0 atom stereocenters. The number of hydrogen-bond acceptors (Lipinski definition) is 4. The Morgan fingerprint density at radius 3 is 1.41 bits per heavy atom. The van der Waals surface area contributed by atoms with Crippen molar-refractivity contribution >= 4 is 57.7 Å². The van der Waals surface area contributed by atoms with Crippen molar-refractivity contribution in [3.8, 4) is 11.5 Å². The minimum absolute atomic E-state index is 0.394. The van der Waals surface area contributed by atoms with Gasteiger partial charge in [-0.2, -0.15) is 0 Å². The van der Waals surface area contributed by atoms with Crippen molar-refractivity contribution in [3.05, 3.63) is 78.9 Å². The molecule has 3 rings (SSSR count). The first-order valence-corrected chi connectivity index (χ1v) is 11.9.